The van der Waals surface area contributed by atoms with E-state index in [0.29, 0.717) is 0 Å². The van der Waals surface area contributed by atoms with Crippen molar-refractivity contribution in [3.05, 3.63) is 0 Å². The number of rotatable bonds is 6. The van der Waals surface area contributed by atoms with E-state index in [2.05, 4.69) is 5.32 Å². The first-order valence-electron chi connectivity index (χ1n) is 11.4. The van der Waals surface area contributed by atoms with Gasteiger partial charge in [0.25, 0.3) is 0 Å². The number of nitrogens with one attached hydrogen (secondary N) is 1. The zero-order chi connectivity index (χ0) is 25.5. The van der Waals surface area contributed by atoms with Crippen LogP contribution in [0.5, 0.6) is 0 Å². The van der Waals surface area contributed by atoms with E-state index in [0.717, 1.165) is 0 Å². The fourth-order valence-corrected chi connectivity index (χ4v) is 4.95. The van der Waals surface area contributed by atoms with E-state index in [1.54, 1.807) is 7.05 Å². The van der Waals surface area contributed by atoms with Crippen molar-refractivity contribution in [1.82, 2.24) is 5.32 Å². The van der Waals surface area contributed by atoms with Crippen LogP contribution < -0.4 is 22.5 Å². The van der Waals surface area contributed by atoms with E-state index in [1.165, 1.54) is 13.8 Å². The molecule has 2 saturated heterocycles. The molecular formula is C20H40N4O10. The van der Waals surface area contributed by atoms with Gasteiger partial charge in [-0.25, -0.2) is 0 Å². The molecule has 1 saturated carbocycles. The maximum atomic E-state index is 11.1. The third-order valence-corrected chi connectivity index (χ3v) is 6.95. The predicted octanol–water partition coefficient (Wildman–Crippen LogP) is -5.61. The summed E-state index contributed by atoms with van der Waals surface area (Å²) >= 11 is 0. The molecule has 3 fully saturated rings. The minimum Gasteiger partial charge on any atom is -0.391 e. The Morgan fingerprint density at radius 2 is 1.50 bits per heavy atom. The summed E-state index contributed by atoms with van der Waals surface area (Å²) in [6.45, 7) is 2.75. The van der Waals surface area contributed by atoms with Gasteiger partial charge in [-0.3, -0.25) is 0 Å². The quantitative estimate of drug-likeness (QED) is 0.165. The van der Waals surface area contributed by atoms with Crippen molar-refractivity contribution in [2.75, 3.05) is 13.7 Å². The largest absolute Gasteiger partial charge is 0.391 e. The Kier molecular flexibility index (Phi) is 8.92. The third kappa shape index (κ3) is 5.40. The van der Waals surface area contributed by atoms with Crippen LogP contribution in [-0.4, -0.2) is 135 Å². The van der Waals surface area contributed by atoms with Crippen LogP contribution >= 0.6 is 0 Å². The second kappa shape index (κ2) is 10.8. The van der Waals surface area contributed by atoms with Gasteiger partial charge >= 0.3 is 0 Å². The van der Waals surface area contributed by atoms with E-state index >= 15 is 0 Å². The molecule has 3 aliphatic rings. The first-order chi connectivity index (χ1) is 15.8. The highest BCUT2D eigenvalue weighted by Crippen LogP contribution is 2.32. The smallest absolute Gasteiger partial charge is 0.185 e. The van der Waals surface area contributed by atoms with Gasteiger partial charge in [0.05, 0.1) is 24.8 Å². The van der Waals surface area contributed by atoms with Crippen molar-refractivity contribution in [2.24, 2.45) is 17.2 Å². The molecule has 0 spiro atoms. The van der Waals surface area contributed by atoms with Crippen LogP contribution in [0.25, 0.3) is 0 Å². The average molecular weight is 497 g/mol. The molecule has 13 N–H and O–H groups in total. The first kappa shape index (κ1) is 28.0. The molecule has 0 aromatic heterocycles. The first-order valence-corrected chi connectivity index (χ1v) is 11.4. The standard InChI is InChI=1S/C20H40N4O10/c1-6(25)14-11(27)10(26)9(23)18(32-14)33-15-7(21)4-8(22)16(12(15)28)34-19-13(29)17(24-3)20(2,30)5-31-19/h6-19,24-30H,4-5,21-23H2,1-3H3/t6?,7?,8-,9?,10+,11+,12-,13+,14?,15-,16?,17?,18-,19-,20+/m1/s1. The predicted molar refractivity (Wildman–Crippen MR) is 116 cm³/mol. The van der Waals surface area contributed by atoms with Gasteiger partial charge in [0.2, 0.25) is 0 Å². The number of nitrogens with two attached hydrogens (primary N) is 3. The Labute approximate surface area is 197 Å². The summed E-state index contributed by atoms with van der Waals surface area (Å²) in [4.78, 5) is 0. The molecule has 0 amide bonds. The second-order valence-electron chi connectivity index (χ2n) is 9.82. The lowest BCUT2D eigenvalue weighted by Crippen LogP contribution is -2.69. The van der Waals surface area contributed by atoms with E-state index < -0.39 is 91.2 Å². The summed E-state index contributed by atoms with van der Waals surface area (Å²) in [5, 5.41) is 65.2. The van der Waals surface area contributed by atoms with Crippen LogP contribution in [0.1, 0.15) is 20.3 Å². The van der Waals surface area contributed by atoms with Crippen molar-refractivity contribution in [3.63, 3.8) is 0 Å². The van der Waals surface area contributed by atoms with Crippen LogP contribution in [0, 0.1) is 0 Å². The Balaban J connectivity index is 1.73. The van der Waals surface area contributed by atoms with Crippen molar-refractivity contribution in [2.45, 2.75) is 111 Å². The molecule has 0 radical (unpaired) electrons. The lowest BCUT2D eigenvalue weighted by atomic mass is 9.84. The van der Waals surface area contributed by atoms with Gasteiger partial charge in [-0.15, -0.1) is 0 Å². The van der Waals surface area contributed by atoms with Gasteiger partial charge in [-0.2, -0.15) is 0 Å². The molecule has 14 nitrogen and oxygen atoms in total. The summed E-state index contributed by atoms with van der Waals surface area (Å²) in [7, 11) is 1.58. The van der Waals surface area contributed by atoms with Crippen molar-refractivity contribution in [3.8, 4) is 0 Å². The number of hydrogen-bond donors (Lipinski definition) is 10. The highest BCUT2D eigenvalue weighted by atomic mass is 16.7. The summed E-state index contributed by atoms with van der Waals surface area (Å²) in [5.74, 6) is 0. The fourth-order valence-electron chi connectivity index (χ4n) is 4.95. The minimum absolute atomic E-state index is 0.135. The molecule has 2 heterocycles. The average Bonchev–Trinajstić information content (AvgIpc) is 2.75. The Morgan fingerprint density at radius 1 is 0.941 bits per heavy atom. The van der Waals surface area contributed by atoms with Crippen LogP contribution in [-0.2, 0) is 18.9 Å². The van der Waals surface area contributed by atoms with Crippen molar-refractivity contribution in [1.29, 1.82) is 0 Å². The Morgan fingerprint density at radius 3 is 2.03 bits per heavy atom. The highest BCUT2D eigenvalue weighted by Gasteiger charge is 2.52. The molecule has 200 valence electrons. The lowest BCUT2D eigenvalue weighted by molar-refractivity contribution is -0.319. The van der Waals surface area contributed by atoms with Gasteiger partial charge in [0.15, 0.2) is 12.6 Å². The van der Waals surface area contributed by atoms with Crippen LogP contribution in [0.15, 0.2) is 0 Å². The third-order valence-electron chi connectivity index (χ3n) is 6.95. The van der Waals surface area contributed by atoms with Crippen molar-refractivity contribution >= 4 is 0 Å². The van der Waals surface area contributed by atoms with E-state index in [1.807, 2.05) is 0 Å². The molecule has 3 rings (SSSR count). The van der Waals surface area contributed by atoms with Crippen molar-refractivity contribution < 1.29 is 49.6 Å². The van der Waals surface area contributed by atoms with Crippen LogP contribution in [0.4, 0.5) is 0 Å². The summed E-state index contributed by atoms with van der Waals surface area (Å²) in [6, 6.07) is -3.47. The zero-order valence-corrected chi connectivity index (χ0v) is 19.5. The number of hydrogen-bond acceptors (Lipinski definition) is 14. The molecule has 34 heavy (non-hydrogen) atoms. The Hall–Kier alpha value is -0.560. The van der Waals surface area contributed by atoms with Gasteiger partial charge < -0.3 is 72.1 Å². The fraction of sp³-hybridized carbons (Fsp3) is 1.00. The van der Waals surface area contributed by atoms with Crippen LogP contribution in [0.3, 0.4) is 0 Å². The minimum atomic E-state index is -1.46. The molecule has 6 unspecified atom stereocenters. The molecule has 0 aromatic carbocycles. The Bertz CT molecular complexity index is 675. The lowest BCUT2D eigenvalue weighted by Gasteiger charge is -2.49. The van der Waals surface area contributed by atoms with E-state index in [4.69, 9.17) is 36.1 Å². The van der Waals surface area contributed by atoms with Gasteiger partial charge in [0, 0.05) is 12.1 Å². The van der Waals surface area contributed by atoms with Gasteiger partial charge in [-0.1, -0.05) is 0 Å². The molecule has 1 aliphatic carbocycles. The molecule has 14 heteroatoms. The van der Waals surface area contributed by atoms with Crippen LogP contribution in [0.2, 0.25) is 0 Å². The summed E-state index contributed by atoms with van der Waals surface area (Å²) in [6.07, 6.45) is -12.4. The van der Waals surface area contributed by atoms with Gasteiger partial charge in [0.1, 0.15) is 48.3 Å². The highest BCUT2D eigenvalue weighted by molar-refractivity contribution is 5.02. The maximum Gasteiger partial charge on any atom is 0.185 e. The summed E-state index contributed by atoms with van der Waals surface area (Å²) in [5.41, 5.74) is 17.0. The molecule has 0 bridgehead atoms. The second-order valence-corrected chi connectivity index (χ2v) is 9.82. The monoisotopic (exact) mass is 496 g/mol. The number of aliphatic hydroxyl groups excluding tert-OH is 5. The number of likely N-dealkylation sites (N-methyl/N-ethyl adjacent to an activating group) is 1. The van der Waals surface area contributed by atoms with Gasteiger partial charge in [-0.05, 0) is 27.3 Å². The molecule has 15 atom stereocenters. The molecule has 2 aliphatic heterocycles. The topological polar surface area (TPSA) is 248 Å². The maximum absolute atomic E-state index is 11.1. The molecular weight excluding hydrogens is 456 g/mol. The summed E-state index contributed by atoms with van der Waals surface area (Å²) < 4.78 is 22.8. The van der Waals surface area contributed by atoms with E-state index in [-0.39, 0.29) is 13.0 Å². The SMILES string of the molecule is CNC1[C@H](O)[C@@H](OC2[C@H](N)CC(N)[C@@H](O[C@H]3OC(C(C)O)[C@@H](O)[C@@H](O)C3N)[C@H]2O)OC[C@]1(C)O. The normalized spacial score (nSPS) is 53.5. The zero-order valence-electron chi connectivity index (χ0n) is 19.5. The number of ether oxygens (including phenoxy) is 4. The van der Waals surface area contributed by atoms with E-state index in [9.17, 15) is 30.6 Å². The molecule has 0 aromatic rings. The number of aliphatic hydroxyl groups is 6.